The van der Waals surface area contributed by atoms with Crippen molar-refractivity contribution < 1.29 is 23.3 Å². The van der Waals surface area contributed by atoms with Gasteiger partial charge in [0.1, 0.15) is 12.7 Å². The van der Waals surface area contributed by atoms with Crippen LogP contribution >= 0.6 is 0 Å². The number of benzene rings is 1. The second-order valence-corrected chi connectivity index (χ2v) is 5.49. The minimum atomic E-state index is -0.311. The van der Waals surface area contributed by atoms with Gasteiger partial charge in [0.15, 0.2) is 0 Å². The van der Waals surface area contributed by atoms with Crippen LogP contribution in [0.15, 0.2) is 39.7 Å². The molecule has 0 bridgehead atoms. The predicted molar refractivity (Wildman–Crippen MR) is 82.0 cm³/mol. The molecule has 25 heavy (non-hydrogen) atoms. The molecular formula is C16H14N4O5. The van der Waals surface area contributed by atoms with Crippen molar-refractivity contribution in [2.24, 2.45) is 0 Å². The van der Waals surface area contributed by atoms with Crippen molar-refractivity contribution >= 4 is 5.97 Å². The zero-order valence-corrected chi connectivity index (χ0v) is 13.1. The summed E-state index contributed by atoms with van der Waals surface area (Å²) in [5.41, 5.74) is 1.54. The van der Waals surface area contributed by atoms with Gasteiger partial charge in [0.05, 0.1) is 13.0 Å². The number of nitrogens with zero attached hydrogens (tertiary/aromatic N) is 4. The van der Waals surface area contributed by atoms with Crippen molar-refractivity contribution in [1.82, 2.24) is 20.3 Å². The maximum atomic E-state index is 11.6. The molecule has 9 nitrogen and oxygen atoms in total. The number of aryl methyl sites for hydroxylation is 1. The number of carbonyl (C=O) groups excluding carboxylic acids is 1. The Labute approximate surface area is 141 Å². The Bertz CT molecular complexity index is 857. The highest BCUT2D eigenvalue weighted by Crippen LogP contribution is 2.22. The van der Waals surface area contributed by atoms with E-state index >= 15 is 0 Å². The van der Waals surface area contributed by atoms with Gasteiger partial charge in [-0.05, 0) is 6.07 Å². The first-order chi connectivity index (χ1) is 12.3. The van der Waals surface area contributed by atoms with E-state index in [9.17, 15) is 4.79 Å². The normalized spacial score (nSPS) is 15.9. The van der Waals surface area contributed by atoms with Gasteiger partial charge in [-0.1, -0.05) is 28.5 Å². The Morgan fingerprint density at radius 2 is 2.08 bits per heavy atom. The lowest BCUT2D eigenvalue weighted by Crippen LogP contribution is -2.10. The van der Waals surface area contributed by atoms with Gasteiger partial charge in [-0.15, -0.1) is 0 Å². The molecule has 3 aromatic rings. The Morgan fingerprint density at radius 3 is 2.84 bits per heavy atom. The zero-order chi connectivity index (χ0) is 17.1. The highest BCUT2D eigenvalue weighted by molar-refractivity contribution is 5.69. The molecule has 1 aliphatic rings. The molecule has 0 spiro atoms. The van der Waals surface area contributed by atoms with Crippen LogP contribution in [0.4, 0.5) is 0 Å². The van der Waals surface area contributed by atoms with Crippen LogP contribution in [0, 0.1) is 0 Å². The quantitative estimate of drug-likeness (QED) is 0.466. The van der Waals surface area contributed by atoms with Gasteiger partial charge in [-0.2, -0.15) is 9.97 Å². The number of esters is 1. The van der Waals surface area contributed by atoms with Gasteiger partial charge < -0.3 is 18.5 Å². The fourth-order valence-corrected chi connectivity index (χ4v) is 2.20. The topological polar surface area (TPSA) is 117 Å². The van der Waals surface area contributed by atoms with Crippen molar-refractivity contribution in [3.8, 4) is 22.8 Å². The third kappa shape index (κ3) is 3.89. The molecule has 4 rings (SSSR count). The number of ether oxygens (including phenoxy) is 2. The lowest BCUT2D eigenvalue weighted by molar-refractivity contribution is -0.144. The van der Waals surface area contributed by atoms with Gasteiger partial charge in [0.2, 0.25) is 23.9 Å². The Morgan fingerprint density at radius 1 is 1.24 bits per heavy atom. The lowest BCUT2D eigenvalue weighted by atomic mass is 10.1. The van der Waals surface area contributed by atoms with Crippen LogP contribution in [-0.4, -0.2) is 45.6 Å². The number of carbonyl (C=O) groups is 1. The average molecular weight is 342 g/mol. The summed E-state index contributed by atoms with van der Waals surface area (Å²) in [6, 6.07) is 7.38. The zero-order valence-electron chi connectivity index (χ0n) is 13.1. The van der Waals surface area contributed by atoms with E-state index < -0.39 is 0 Å². The molecule has 128 valence electrons. The molecule has 1 saturated heterocycles. The highest BCUT2D eigenvalue weighted by Gasteiger charge is 2.24. The van der Waals surface area contributed by atoms with Crippen molar-refractivity contribution in [3.05, 3.63) is 36.5 Å². The van der Waals surface area contributed by atoms with Crippen LogP contribution in [0.25, 0.3) is 22.8 Å². The van der Waals surface area contributed by atoms with Gasteiger partial charge in [-0.25, -0.2) is 0 Å². The molecule has 1 aromatic carbocycles. The molecule has 0 amide bonds. The van der Waals surface area contributed by atoms with E-state index in [0.29, 0.717) is 37.2 Å². The molecular weight excluding hydrogens is 328 g/mol. The summed E-state index contributed by atoms with van der Waals surface area (Å²) in [5.74, 6) is 0.974. The van der Waals surface area contributed by atoms with Gasteiger partial charge >= 0.3 is 5.97 Å². The maximum absolute atomic E-state index is 11.6. The average Bonchev–Trinajstić information content (AvgIpc) is 3.12. The smallest absolute Gasteiger partial charge is 0.306 e. The third-order valence-electron chi connectivity index (χ3n) is 3.58. The van der Waals surface area contributed by atoms with Crippen LogP contribution in [0.5, 0.6) is 0 Å². The van der Waals surface area contributed by atoms with E-state index in [1.807, 2.05) is 24.3 Å². The van der Waals surface area contributed by atoms with E-state index in [0.717, 1.165) is 11.1 Å². The molecule has 3 heterocycles. The maximum Gasteiger partial charge on any atom is 0.306 e. The molecule has 1 aliphatic heterocycles. The second kappa shape index (κ2) is 6.81. The number of hydrogen-bond acceptors (Lipinski definition) is 9. The fraction of sp³-hybridized carbons (Fsp3) is 0.312. The van der Waals surface area contributed by atoms with Crippen molar-refractivity contribution in [2.45, 2.75) is 18.9 Å². The first-order valence-electron chi connectivity index (χ1n) is 7.75. The highest BCUT2D eigenvalue weighted by atomic mass is 16.6. The molecule has 1 unspecified atom stereocenters. The van der Waals surface area contributed by atoms with Crippen LogP contribution in [0.1, 0.15) is 12.3 Å². The molecule has 0 saturated carbocycles. The largest absolute Gasteiger partial charge is 0.463 e. The van der Waals surface area contributed by atoms with Crippen molar-refractivity contribution in [3.63, 3.8) is 0 Å². The summed E-state index contributed by atoms with van der Waals surface area (Å²) >= 11 is 0. The van der Waals surface area contributed by atoms with Crippen molar-refractivity contribution in [1.29, 1.82) is 0 Å². The van der Waals surface area contributed by atoms with E-state index in [1.165, 1.54) is 6.39 Å². The minimum absolute atomic E-state index is 0.0606. The summed E-state index contributed by atoms with van der Waals surface area (Å²) < 4.78 is 20.0. The number of rotatable bonds is 7. The molecule has 0 N–H and O–H groups in total. The molecule has 1 fully saturated rings. The summed E-state index contributed by atoms with van der Waals surface area (Å²) in [5, 5.41) is 7.75. The summed E-state index contributed by atoms with van der Waals surface area (Å²) in [6.07, 6.45) is 1.83. The van der Waals surface area contributed by atoms with Gasteiger partial charge in [0, 0.05) is 17.5 Å². The molecule has 0 radical (unpaired) electrons. The number of aromatic nitrogens is 4. The van der Waals surface area contributed by atoms with E-state index in [2.05, 4.69) is 20.3 Å². The second-order valence-electron chi connectivity index (χ2n) is 5.49. The SMILES string of the molecule is O=C(CCc1nc(-c2cccc(-c3ncon3)c2)no1)OCC1CO1. The summed E-state index contributed by atoms with van der Waals surface area (Å²) in [4.78, 5) is 19.9. The van der Waals surface area contributed by atoms with Crippen LogP contribution in [-0.2, 0) is 20.7 Å². The number of epoxide rings is 1. The predicted octanol–water partition coefficient (Wildman–Crippen LogP) is 1.66. The Hall–Kier alpha value is -3.07. The monoisotopic (exact) mass is 342 g/mol. The molecule has 9 heteroatoms. The molecule has 1 atom stereocenters. The van der Waals surface area contributed by atoms with Gasteiger partial charge in [0.25, 0.3) is 0 Å². The summed E-state index contributed by atoms with van der Waals surface area (Å²) in [6.45, 7) is 0.958. The number of hydrogen-bond donors (Lipinski definition) is 0. The Balaban J connectivity index is 1.39. The first-order valence-corrected chi connectivity index (χ1v) is 7.75. The van der Waals surface area contributed by atoms with E-state index in [-0.39, 0.29) is 18.5 Å². The third-order valence-corrected chi connectivity index (χ3v) is 3.58. The minimum Gasteiger partial charge on any atom is -0.463 e. The van der Waals surface area contributed by atoms with Gasteiger partial charge in [-0.3, -0.25) is 4.79 Å². The Kier molecular flexibility index (Phi) is 4.21. The van der Waals surface area contributed by atoms with Crippen LogP contribution < -0.4 is 0 Å². The molecule has 0 aliphatic carbocycles. The molecule has 2 aromatic heterocycles. The van der Waals surface area contributed by atoms with E-state index in [4.69, 9.17) is 18.5 Å². The fourth-order valence-electron chi connectivity index (χ4n) is 2.20. The summed E-state index contributed by atoms with van der Waals surface area (Å²) in [7, 11) is 0. The van der Waals surface area contributed by atoms with Crippen molar-refractivity contribution in [2.75, 3.05) is 13.2 Å². The van der Waals surface area contributed by atoms with Crippen LogP contribution in [0.2, 0.25) is 0 Å². The standard InChI is InChI=1S/C16H14N4O5/c21-14(23-8-12-7-22-12)5-4-13-18-16(20-25-13)11-3-1-2-10(6-11)15-17-9-24-19-15/h1-3,6,9,12H,4-5,7-8H2. The van der Waals surface area contributed by atoms with E-state index in [1.54, 1.807) is 0 Å². The van der Waals surface area contributed by atoms with Crippen LogP contribution in [0.3, 0.4) is 0 Å². The first kappa shape index (κ1) is 15.5. The lowest BCUT2D eigenvalue weighted by Gasteiger charge is -2.00.